The quantitative estimate of drug-likeness (QED) is 0.308. The number of benzene rings is 1. The highest BCUT2D eigenvalue weighted by Gasteiger charge is 2.21. The molecule has 7 nitrogen and oxygen atoms in total. The molecule has 8 heteroatoms. The molecular formula is C25H35IN6O. The summed E-state index contributed by atoms with van der Waals surface area (Å²) in [4.78, 5) is 25.2. The van der Waals surface area contributed by atoms with Crippen LogP contribution < -0.4 is 10.6 Å². The van der Waals surface area contributed by atoms with Crippen molar-refractivity contribution in [1.82, 2.24) is 25.4 Å². The second-order valence-electron chi connectivity index (χ2n) is 8.68. The van der Waals surface area contributed by atoms with Gasteiger partial charge in [0.2, 0.25) is 5.91 Å². The van der Waals surface area contributed by atoms with E-state index in [1.165, 1.54) is 11.1 Å². The van der Waals surface area contributed by atoms with Crippen LogP contribution >= 0.6 is 24.0 Å². The molecule has 3 heterocycles. The fraction of sp³-hybridized carbons (Fsp3) is 0.480. The number of carbonyl (C=O) groups excluding carboxylic acids is 1. The van der Waals surface area contributed by atoms with Crippen molar-refractivity contribution in [3.05, 3.63) is 65.5 Å². The Labute approximate surface area is 214 Å². The van der Waals surface area contributed by atoms with Gasteiger partial charge < -0.3 is 15.5 Å². The number of aromatic nitrogens is 1. The predicted molar refractivity (Wildman–Crippen MR) is 142 cm³/mol. The minimum atomic E-state index is 0. The molecule has 2 aliphatic rings. The van der Waals surface area contributed by atoms with E-state index in [4.69, 9.17) is 0 Å². The Bertz CT molecular complexity index is 914. The van der Waals surface area contributed by atoms with Crippen LogP contribution in [0.1, 0.15) is 42.5 Å². The molecular weight excluding hydrogens is 527 g/mol. The van der Waals surface area contributed by atoms with Crippen molar-refractivity contribution in [2.45, 2.75) is 51.4 Å². The molecule has 0 aliphatic carbocycles. The SMILES string of the molecule is CN=C(NCc1cccc(CN2CCCC2=O)c1)NC1CCN(Cc2ccccn2)CC1.I. The third kappa shape index (κ3) is 7.67. The van der Waals surface area contributed by atoms with Crippen molar-refractivity contribution in [2.75, 3.05) is 26.7 Å². The Morgan fingerprint density at radius 2 is 1.91 bits per heavy atom. The Morgan fingerprint density at radius 1 is 1.09 bits per heavy atom. The summed E-state index contributed by atoms with van der Waals surface area (Å²) < 4.78 is 0. The highest BCUT2D eigenvalue weighted by atomic mass is 127. The number of nitrogens with zero attached hydrogens (tertiary/aromatic N) is 4. The van der Waals surface area contributed by atoms with Gasteiger partial charge in [-0.15, -0.1) is 24.0 Å². The second-order valence-corrected chi connectivity index (χ2v) is 8.68. The number of aliphatic imine (C=N–C) groups is 1. The Balaban J connectivity index is 0.00000306. The van der Waals surface area contributed by atoms with Crippen molar-refractivity contribution in [1.29, 1.82) is 0 Å². The first-order valence-corrected chi connectivity index (χ1v) is 11.6. The Kier molecular flexibility index (Phi) is 9.93. The maximum absolute atomic E-state index is 11.9. The summed E-state index contributed by atoms with van der Waals surface area (Å²) in [6.07, 6.45) is 5.70. The zero-order chi connectivity index (χ0) is 22.2. The highest BCUT2D eigenvalue weighted by Crippen LogP contribution is 2.16. The smallest absolute Gasteiger partial charge is 0.222 e. The second kappa shape index (κ2) is 12.9. The van der Waals surface area contributed by atoms with Crippen molar-refractivity contribution < 1.29 is 4.79 Å². The standard InChI is InChI=1S/C25H34N6O.HI/c1-26-25(29-22-10-14-30(15-11-22)19-23-8-2-3-12-27-23)28-17-20-6-4-7-21(16-20)18-31-13-5-9-24(31)32;/h2-4,6-8,12,16,22H,5,9-11,13-15,17-19H2,1H3,(H2,26,28,29);1H. The summed E-state index contributed by atoms with van der Waals surface area (Å²) in [7, 11) is 1.82. The molecule has 0 saturated carbocycles. The third-order valence-electron chi connectivity index (χ3n) is 6.26. The van der Waals surface area contributed by atoms with E-state index in [0.29, 0.717) is 25.6 Å². The number of guanidine groups is 1. The number of rotatable bonds is 7. The van der Waals surface area contributed by atoms with Crippen LogP contribution in [-0.4, -0.2) is 59.4 Å². The van der Waals surface area contributed by atoms with E-state index in [2.05, 4.69) is 55.8 Å². The maximum atomic E-state index is 11.9. The average Bonchev–Trinajstić information content (AvgIpc) is 3.23. The van der Waals surface area contributed by atoms with Crippen LogP contribution in [0.3, 0.4) is 0 Å². The van der Waals surface area contributed by atoms with E-state index in [0.717, 1.165) is 57.1 Å². The zero-order valence-electron chi connectivity index (χ0n) is 19.4. The van der Waals surface area contributed by atoms with E-state index < -0.39 is 0 Å². The molecule has 2 fully saturated rings. The first-order chi connectivity index (χ1) is 15.7. The lowest BCUT2D eigenvalue weighted by Crippen LogP contribution is -2.48. The predicted octanol–water partition coefficient (Wildman–Crippen LogP) is 3.15. The van der Waals surface area contributed by atoms with Gasteiger partial charge in [0, 0.05) is 65.0 Å². The average molecular weight is 563 g/mol. The van der Waals surface area contributed by atoms with Crippen molar-refractivity contribution >= 4 is 35.8 Å². The van der Waals surface area contributed by atoms with Crippen LogP contribution in [0.4, 0.5) is 0 Å². The molecule has 1 aromatic carbocycles. The monoisotopic (exact) mass is 562 g/mol. The number of hydrogen-bond acceptors (Lipinski definition) is 4. The molecule has 0 radical (unpaired) electrons. The van der Waals surface area contributed by atoms with Crippen LogP contribution in [0.25, 0.3) is 0 Å². The van der Waals surface area contributed by atoms with Gasteiger partial charge >= 0.3 is 0 Å². The summed E-state index contributed by atoms with van der Waals surface area (Å²) in [6, 6.07) is 15.0. The maximum Gasteiger partial charge on any atom is 0.222 e. The summed E-state index contributed by atoms with van der Waals surface area (Å²) in [5, 5.41) is 7.03. The van der Waals surface area contributed by atoms with Gasteiger partial charge in [-0.3, -0.25) is 19.7 Å². The van der Waals surface area contributed by atoms with Gasteiger partial charge in [0.05, 0.1) is 5.69 Å². The van der Waals surface area contributed by atoms with Crippen molar-refractivity contribution in [2.24, 2.45) is 4.99 Å². The molecule has 0 atom stereocenters. The van der Waals surface area contributed by atoms with Crippen molar-refractivity contribution in [3.63, 3.8) is 0 Å². The summed E-state index contributed by atoms with van der Waals surface area (Å²) >= 11 is 0. The number of nitrogens with one attached hydrogen (secondary N) is 2. The van der Waals surface area contributed by atoms with Crippen LogP contribution in [-0.2, 0) is 24.4 Å². The molecule has 178 valence electrons. The first-order valence-electron chi connectivity index (χ1n) is 11.6. The molecule has 2 N–H and O–H groups in total. The largest absolute Gasteiger partial charge is 0.354 e. The number of hydrogen-bond donors (Lipinski definition) is 2. The van der Waals surface area contributed by atoms with Gasteiger partial charge in [-0.25, -0.2) is 0 Å². The molecule has 0 bridgehead atoms. The minimum absolute atomic E-state index is 0. The zero-order valence-corrected chi connectivity index (χ0v) is 21.7. The minimum Gasteiger partial charge on any atom is -0.354 e. The summed E-state index contributed by atoms with van der Waals surface area (Å²) in [6.45, 7) is 5.32. The first kappa shape index (κ1) is 25.4. The molecule has 4 rings (SSSR count). The van der Waals surface area contributed by atoms with Crippen molar-refractivity contribution in [3.8, 4) is 0 Å². The van der Waals surface area contributed by atoms with E-state index in [1.807, 2.05) is 30.3 Å². The lowest BCUT2D eigenvalue weighted by Gasteiger charge is -2.32. The van der Waals surface area contributed by atoms with Gasteiger partial charge in [0.15, 0.2) is 5.96 Å². The summed E-state index contributed by atoms with van der Waals surface area (Å²) in [5.41, 5.74) is 3.51. The topological polar surface area (TPSA) is 72.9 Å². The summed E-state index contributed by atoms with van der Waals surface area (Å²) in [5.74, 6) is 1.11. The van der Waals surface area contributed by atoms with Crippen LogP contribution in [0.15, 0.2) is 53.7 Å². The molecule has 0 spiro atoms. The number of piperidine rings is 1. The molecule has 1 amide bonds. The Morgan fingerprint density at radius 3 is 2.61 bits per heavy atom. The third-order valence-corrected chi connectivity index (χ3v) is 6.26. The van der Waals surface area contributed by atoms with Crippen LogP contribution in [0.5, 0.6) is 0 Å². The number of halogens is 1. The number of likely N-dealkylation sites (tertiary alicyclic amines) is 2. The van der Waals surface area contributed by atoms with Gasteiger partial charge in [0.25, 0.3) is 0 Å². The van der Waals surface area contributed by atoms with Crippen LogP contribution in [0.2, 0.25) is 0 Å². The lowest BCUT2D eigenvalue weighted by atomic mass is 10.0. The van der Waals surface area contributed by atoms with Gasteiger partial charge in [-0.05, 0) is 42.5 Å². The van der Waals surface area contributed by atoms with Crippen LogP contribution in [0, 0.1) is 0 Å². The van der Waals surface area contributed by atoms with E-state index in [1.54, 1.807) is 0 Å². The van der Waals surface area contributed by atoms with Gasteiger partial charge in [-0.1, -0.05) is 30.3 Å². The van der Waals surface area contributed by atoms with E-state index >= 15 is 0 Å². The van der Waals surface area contributed by atoms with E-state index in [9.17, 15) is 4.79 Å². The Hall–Kier alpha value is -2.20. The molecule has 2 saturated heterocycles. The number of amides is 1. The normalized spacial score (nSPS) is 17.7. The molecule has 1 aromatic heterocycles. The molecule has 0 unspecified atom stereocenters. The number of carbonyl (C=O) groups is 1. The van der Waals surface area contributed by atoms with Gasteiger partial charge in [-0.2, -0.15) is 0 Å². The fourth-order valence-corrected chi connectivity index (χ4v) is 4.46. The highest BCUT2D eigenvalue weighted by molar-refractivity contribution is 14.0. The van der Waals surface area contributed by atoms with Gasteiger partial charge in [0.1, 0.15) is 0 Å². The fourth-order valence-electron chi connectivity index (χ4n) is 4.46. The molecule has 2 aromatic rings. The number of pyridine rings is 1. The van der Waals surface area contributed by atoms with E-state index in [-0.39, 0.29) is 29.9 Å². The molecule has 33 heavy (non-hydrogen) atoms. The lowest BCUT2D eigenvalue weighted by molar-refractivity contribution is -0.128. The molecule has 2 aliphatic heterocycles.